The predicted octanol–water partition coefficient (Wildman–Crippen LogP) is 5.44. The maximum atomic E-state index is 13.0. The van der Waals surface area contributed by atoms with Crippen molar-refractivity contribution in [3.63, 3.8) is 0 Å². The van der Waals surface area contributed by atoms with Gasteiger partial charge in [-0.2, -0.15) is 0 Å². The largest absolute Gasteiger partial charge is 0.369 e. The molecule has 2 aliphatic rings. The Hall–Kier alpha value is -2.60. The molecule has 2 heterocycles. The lowest BCUT2D eigenvalue weighted by molar-refractivity contribution is -0.115. The maximum absolute atomic E-state index is 13.0. The first-order valence-corrected chi connectivity index (χ1v) is 10.5. The van der Waals surface area contributed by atoms with Crippen molar-refractivity contribution in [3.05, 3.63) is 64.3 Å². The second-order valence-corrected chi connectivity index (χ2v) is 9.28. The number of carbonyl (C=O) groups excluding carboxylic acids is 1. The summed E-state index contributed by atoms with van der Waals surface area (Å²) in [4.78, 5) is 19.7. The molecule has 2 aromatic rings. The summed E-state index contributed by atoms with van der Waals surface area (Å²) in [6.45, 7) is 6.79. The van der Waals surface area contributed by atoms with Gasteiger partial charge in [0, 0.05) is 18.3 Å². The van der Waals surface area contributed by atoms with E-state index in [0.717, 1.165) is 12.0 Å². The van der Waals surface area contributed by atoms with Crippen LogP contribution in [0, 0.1) is 5.82 Å². The molecular formula is C23H24FN3OS. The lowest BCUT2D eigenvalue weighted by atomic mass is 9.80. The van der Waals surface area contributed by atoms with Crippen LogP contribution in [-0.2, 0) is 4.79 Å². The number of anilines is 1. The van der Waals surface area contributed by atoms with Crippen LogP contribution in [-0.4, -0.2) is 23.7 Å². The highest BCUT2D eigenvalue weighted by molar-refractivity contribution is 8.18. The van der Waals surface area contributed by atoms with Crippen LogP contribution in [0.2, 0.25) is 0 Å². The lowest BCUT2D eigenvalue weighted by Crippen LogP contribution is -2.45. The molecule has 0 saturated carbocycles. The molecule has 1 atom stereocenters. The van der Waals surface area contributed by atoms with Crippen molar-refractivity contribution in [2.45, 2.75) is 38.6 Å². The summed E-state index contributed by atoms with van der Waals surface area (Å²) in [5.74, 6) is -0.0246. The molecule has 150 valence electrons. The van der Waals surface area contributed by atoms with Gasteiger partial charge in [0.15, 0.2) is 5.17 Å². The van der Waals surface area contributed by atoms with Crippen LogP contribution >= 0.6 is 11.8 Å². The molecule has 0 spiro atoms. The van der Waals surface area contributed by atoms with Crippen LogP contribution in [0.1, 0.15) is 44.2 Å². The molecule has 0 unspecified atom stereocenters. The first-order valence-electron chi connectivity index (χ1n) is 9.66. The van der Waals surface area contributed by atoms with Gasteiger partial charge in [0.25, 0.3) is 5.91 Å². The summed E-state index contributed by atoms with van der Waals surface area (Å²) in [5, 5.41) is 3.28. The van der Waals surface area contributed by atoms with Crippen molar-refractivity contribution in [2.75, 3.05) is 11.9 Å². The number of thioether (sulfide) groups is 1. The molecule has 2 aromatic carbocycles. The number of amidine groups is 1. The van der Waals surface area contributed by atoms with E-state index < -0.39 is 0 Å². The predicted molar refractivity (Wildman–Crippen MR) is 119 cm³/mol. The summed E-state index contributed by atoms with van der Waals surface area (Å²) >= 11 is 1.30. The first kappa shape index (κ1) is 19.7. The normalized spacial score (nSPS) is 23.4. The number of nitrogens with one attached hydrogen (secondary N) is 1. The van der Waals surface area contributed by atoms with Crippen LogP contribution in [0.5, 0.6) is 0 Å². The number of benzene rings is 2. The fraction of sp³-hybridized carbons (Fsp3) is 0.304. The number of hydrogen-bond donors (Lipinski definition) is 1. The van der Waals surface area contributed by atoms with Gasteiger partial charge in [-0.25, -0.2) is 9.38 Å². The van der Waals surface area contributed by atoms with Crippen LogP contribution in [0.4, 0.5) is 15.8 Å². The van der Waals surface area contributed by atoms with E-state index in [9.17, 15) is 9.18 Å². The Labute approximate surface area is 174 Å². The second-order valence-electron chi connectivity index (χ2n) is 8.25. The molecule has 6 heteroatoms. The zero-order valence-corrected chi connectivity index (χ0v) is 17.8. The summed E-state index contributed by atoms with van der Waals surface area (Å²) in [6, 6.07) is 12.2. The molecular weight excluding hydrogens is 385 g/mol. The average Bonchev–Trinajstić information content (AvgIpc) is 3.00. The summed E-state index contributed by atoms with van der Waals surface area (Å²) in [6.07, 6.45) is 2.99. The van der Waals surface area contributed by atoms with E-state index in [1.54, 1.807) is 12.1 Å². The Morgan fingerprint density at radius 2 is 1.97 bits per heavy atom. The van der Waals surface area contributed by atoms with E-state index in [4.69, 9.17) is 0 Å². The number of carbonyl (C=O) groups is 1. The van der Waals surface area contributed by atoms with Crippen molar-refractivity contribution in [2.24, 2.45) is 4.99 Å². The zero-order chi connectivity index (χ0) is 20.8. The number of rotatable bonds is 2. The Morgan fingerprint density at radius 1 is 1.24 bits per heavy atom. The second kappa shape index (κ2) is 7.34. The highest BCUT2D eigenvalue weighted by Crippen LogP contribution is 2.43. The van der Waals surface area contributed by atoms with E-state index in [0.29, 0.717) is 21.7 Å². The Morgan fingerprint density at radius 3 is 2.69 bits per heavy atom. The van der Waals surface area contributed by atoms with Crippen LogP contribution in [0.25, 0.3) is 6.08 Å². The molecule has 2 aliphatic heterocycles. The van der Waals surface area contributed by atoms with Gasteiger partial charge >= 0.3 is 0 Å². The lowest BCUT2D eigenvalue weighted by Gasteiger charge is -2.45. The van der Waals surface area contributed by atoms with Crippen LogP contribution < -0.4 is 10.2 Å². The molecule has 0 bridgehead atoms. The minimum Gasteiger partial charge on any atom is -0.369 e. The number of fused-ring (bicyclic) bond motifs is 1. The Bertz CT molecular complexity index is 1030. The van der Waals surface area contributed by atoms with Crippen LogP contribution in [0.3, 0.4) is 0 Å². The van der Waals surface area contributed by atoms with Crippen molar-refractivity contribution >= 4 is 40.3 Å². The van der Waals surface area contributed by atoms with Crippen molar-refractivity contribution in [1.82, 2.24) is 5.32 Å². The number of nitrogens with zero attached hydrogens (tertiary/aromatic N) is 2. The molecule has 1 amide bonds. The number of amides is 1. The molecule has 29 heavy (non-hydrogen) atoms. The first-order chi connectivity index (χ1) is 13.7. The molecule has 1 N–H and O–H groups in total. The topological polar surface area (TPSA) is 44.7 Å². The number of halogens is 1. The summed E-state index contributed by atoms with van der Waals surface area (Å²) in [7, 11) is 2.14. The Kier molecular flexibility index (Phi) is 4.99. The molecule has 1 saturated heterocycles. The average molecular weight is 410 g/mol. The number of hydrogen-bond acceptors (Lipinski definition) is 4. The third-order valence-electron chi connectivity index (χ3n) is 5.66. The minimum atomic E-state index is -0.312. The van der Waals surface area contributed by atoms with E-state index in [1.807, 2.05) is 6.08 Å². The van der Waals surface area contributed by atoms with E-state index in [-0.39, 0.29) is 17.3 Å². The third kappa shape index (κ3) is 3.94. The molecule has 1 fully saturated rings. The van der Waals surface area contributed by atoms with Gasteiger partial charge in [-0.1, -0.05) is 13.0 Å². The third-order valence-corrected chi connectivity index (χ3v) is 6.57. The highest BCUT2D eigenvalue weighted by Gasteiger charge is 2.34. The minimum absolute atomic E-state index is 0.124. The van der Waals surface area contributed by atoms with Gasteiger partial charge in [-0.3, -0.25) is 4.79 Å². The van der Waals surface area contributed by atoms with Crippen LogP contribution in [0.15, 0.2) is 52.4 Å². The molecule has 4 nitrogen and oxygen atoms in total. The Balaban J connectivity index is 1.59. The summed E-state index contributed by atoms with van der Waals surface area (Å²) < 4.78 is 13.0. The fourth-order valence-electron chi connectivity index (χ4n) is 3.95. The standard InChI is InChI=1S/C23H24FN3OS/c1-14-13-23(2,3)27(4)19-10-5-15(11-18(14)19)12-20-21(28)26-22(29-20)25-17-8-6-16(24)7-9-17/h5-12,14H,13H2,1-4H3,(H,25,26,28)/b20-12-/t14-/m0/s1. The van der Waals surface area contributed by atoms with Crippen molar-refractivity contribution in [1.29, 1.82) is 0 Å². The smallest absolute Gasteiger partial charge is 0.264 e. The molecule has 0 radical (unpaired) electrons. The van der Waals surface area contributed by atoms with Gasteiger partial charge in [-0.15, -0.1) is 0 Å². The zero-order valence-electron chi connectivity index (χ0n) is 17.0. The van der Waals surface area contributed by atoms with Gasteiger partial charge in [0.2, 0.25) is 0 Å². The van der Waals surface area contributed by atoms with Crippen molar-refractivity contribution < 1.29 is 9.18 Å². The van der Waals surface area contributed by atoms with E-state index in [2.05, 4.69) is 61.2 Å². The molecule has 0 aliphatic carbocycles. The van der Waals surface area contributed by atoms with Gasteiger partial charge < -0.3 is 10.2 Å². The highest BCUT2D eigenvalue weighted by atomic mass is 32.2. The van der Waals surface area contributed by atoms with Gasteiger partial charge in [0.1, 0.15) is 5.82 Å². The molecule has 4 rings (SSSR count). The SMILES string of the molecule is C[C@H]1CC(C)(C)N(C)c2ccc(/C=C3\SC(=Nc4ccc(F)cc4)NC3=O)cc21. The van der Waals surface area contributed by atoms with Gasteiger partial charge in [-0.05, 0) is 91.5 Å². The van der Waals surface area contributed by atoms with Crippen molar-refractivity contribution in [3.8, 4) is 0 Å². The van der Waals surface area contributed by atoms with E-state index in [1.165, 1.54) is 35.1 Å². The number of aliphatic imine (C=N–C) groups is 1. The molecule has 0 aromatic heterocycles. The quantitative estimate of drug-likeness (QED) is 0.672. The summed E-state index contributed by atoms with van der Waals surface area (Å²) in [5.41, 5.74) is 4.29. The maximum Gasteiger partial charge on any atom is 0.264 e. The van der Waals surface area contributed by atoms with Gasteiger partial charge in [0.05, 0.1) is 10.6 Å². The monoisotopic (exact) mass is 409 g/mol. The fourth-order valence-corrected chi connectivity index (χ4v) is 4.79. The van der Waals surface area contributed by atoms with E-state index >= 15 is 0 Å².